The lowest BCUT2D eigenvalue weighted by molar-refractivity contribution is -0.132. The number of rotatable bonds is 6. The fourth-order valence-corrected chi connectivity index (χ4v) is 4.76. The van der Waals surface area contributed by atoms with Crippen molar-refractivity contribution in [1.29, 1.82) is 0 Å². The van der Waals surface area contributed by atoms with Gasteiger partial charge in [-0.2, -0.15) is 0 Å². The van der Waals surface area contributed by atoms with Crippen molar-refractivity contribution in [3.63, 3.8) is 0 Å². The number of aryl methyl sites for hydroxylation is 1. The second-order valence-corrected chi connectivity index (χ2v) is 8.77. The molecule has 1 aliphatic heterocycles. The van der Waals surface area contributed by atoms with E-state index in [1.54, 1.807) is 12.1 Å². The molecule has 0 unspecified atom stereocenters. The van der Waals surface area contributed by atoms with E-state index in [0.717, 1.165) is 23.3 Å². The maximum atomic E-state index is 13.1. The average Bonchev–Trinajstić information content (AvgIpc) is 3.30. The fraction of sp³-hybridized carbons (Fsp3) is 0.280. The smallest absolute Gasteiger partial charge is 0.264 e. The zero-order chi connectivity index (χ0) is 21.6. The Kier molecular flexibility index (Phi) is 6.77. The van der Waals surface area contributed by atoms with E-state index in [-0.39, 0.29) is 17.6 Å². The van der Waals surface area contributed by atoms with E-state index in [1.807, 2.05) is 40.1 Å². The molecule has 0 N–H and O–H groups in total. The molecule has 6 heteroatoms. The SMILES string of the molecule is O=C(CCCc1ccccc1)N1CCN(C(=O)c2ccc(-c3ccc(F)cc3)s2)CC1. The molecule has 4 nitrogen and oxygen atoms in total. The summed E-state index contributed by atoms with van der Waals surface area (Å²) in [5, 5.41) is 0. The summed E-state index contributed by atoms with van der Waals surface area (Å²) in [5.74, 6) is -0.114. The first-order valence-corrected chi connectivity index (χ1v) is 11.4. The van der Waals surface area contributed by atoms with Gasteiger partial charge in [-0.25, -0.2) is 4.39 Å². The van der Waals surface area contributed by atoms with Crippen LogP contribution in [-0.2, 0) is 11.2 Å². The molecule has 0 radical (unpaired) electrons. The van der Waals surface area contributed by atoms with Gasteiger partial charge in [0.25, 0.3) is 5.91 Å². The molecule has 1 fully saturated rings. The second kappa shape index (κ2) is 9.88. The molecule has 2 aromatic carbocycles. The molecule has 0 bridgehead atoms. The number of amides is 2. The molecule has 0 saturated carbocycles. The van der Waals surface area contributed by atoms with Crippen LogP contribution in [0.1, 0.15) is 28.1 Å². The highest BCUT2D eigenvalue weighted by molar-refractivity contribution is 7.17. The molecule has 2 heterocycles. The summed E-state index contributed by atoms with van der Waals surface area (Å²) in [6, 6.07) is 20.2. The number of nitrogens with zero attached hydrogens (tertiary/aromatic N) is 2. The van der Waals surface area contributed by atoms with Crippen molar-refractivity contribution in [3.8, 4) is 10.4 Å². The minimum Gasteiger partial charge on any atom is -0.339 e. The molecule has 3 aromatic rings. The van der Waals surface area contributed by atoms with Crippen molar-refractivity contribution in [2.45, 2.75) is 19.3 Å². The largest absolute Gasteiger partial charge is 0.339 e. The van der Waals surface area contributed by atoms with Crippen LogP contribution in [-0.4, -0.2) is 47.8 Å². The molecule has 0 atom stereocenters. The normalized spacial score (nSPS) is 14.0. The summed E-state index contributed by atoms with van der Waals surface area (Å²) in [5.41, 5.74) is 2.15. The van der Waals surface area contributed by atoms with E-state index >= 15 is 0 Å². The van der Waals surface area contributed by atoms with Crippen LogP contribution in [0.5, 0.6) is 0 Å². The molecule has 4 rings (SSSR count). The van der Waals surface area contributed by atoms with Crippen LogP contribution in [0.4, 0.5) is 4.39 Å². The predicted molar refractivity (Wildman–Crippen MR) is 122 cm³/mol. The standard InChI is InChI=1S/C25H25FN2O2S/c26-21-11-9-20(10-12-21)22-13-14-23(31-22)25(30)28-17-15-27(16-18-28)24(29)8-4-7-19-5-2-1-3-6-19/h1-3,5-6,9-14H,4,7-8,15-18H2. The Morgan fingerprint density at radius 1 is 0.839 bits per heavy atom. The highest BCUT2D eigenvalue weighted by Crippen LogP contribution is 2.29. The summed E-state index contributed by atoms with van der Waals surface area (Å²) in [6.45, 7) is 2.25. The summed E-state index contributed by atoms with van der Waals surface area (Å²) in [4.78, 5) is 30.7. The summed E-state index contributed by atoms with van der Waals surface area (Å²) >= 11 is 1.42. The van der Waals surface area contributed by atoms with E-state index < -0.39 is 0 Å². The number of halogens is 1. The Hall–Kier alpha value is -2.99. The third-order valence-electron chi connectivity index (χ3n) is 5.56. The van der Waals surface area contributed by atoms with E-state index in [0.29, 0.717) is 37.5 Å². The quantitative estimate of drug-likeness (QED) is 0.554. The van der Waals surface area contributed by atoms with Crippen molar-refractivity contribution in [2.75, 3.05) is 26.2 Å². The Labute approximate surface area is 185 Å². The van der Waals surface area contributed by atoms with Crippen LogP contribution in [0, 0.1) is 5.82 Å². The van der Waals surface area contributed by atoms with Crippen LogP contribution in [0.2, 0.25) is 0 Å². The van der Waals surface area contributed by atoms with Crippen LogP contribution in [0.15, 0.2) is 66.7 Å². The Balaban J connectivity index is 1.26. The van der Waals surface area contributed by atoms with Gasteiger partial charge in [-0.3, -0.25) is 9.59 Å². The molecular formula is C25H25FN2O2S. The number of hydrogen-bond donors (Lipinski definition) is 0. The highest BCUT2D eigenvalue weighted by Gasteiger charge is 2.25. The van der Waals surface area contributed by atoms with Gasteiger partial charge in [-0.1, -0.05) is 42.5 Å². The van der Waals surface area contributed by atoms with Gasteiger partial charge in [0.05, 0.1) is 4.88 Å². The topological polar surface area (TPSA) is 40.6 Å². The van der Waals surface area contributed by atoms with E-state index in [4.69, 9.17) is 0 Å². The molecule has 0 spiro atoms. The monoisotopic (exact) mass is 436 g/mol. The van der Waals surface area contributed by atoms with Crippen LogP contribution in [0.25, 0.3) is 10.4 Å². The van der Waals surface area contributed by atoms with E-state index in [2.05, 4.69) is 12.1 Å². The third kappa shape index (κ3) is 5.39. The van der Waals surface area contributed by atoms with Gasteiger partial charge in [-0.05, 0) is 48.2 Å². The first-order valence-electron chi connectivity index (χ1n) is 10.6. The maximum Gasteiger partial charge on any atom is 0.264 e. The summed E-state index contributed by atoms with van der Waals surface area (Å²) in [7, 11) is 0. The minimum atomic E-state index is -0.274. The van der Waals surface area contributed by atoms with E-state index in [9.17, 15) is 14.0 Å². The van der Waals surface area contributed by atoms with Gasteiger partial charge in [0.2, 0.25) is 5.91 Å². The number of carbonyl (C=O) groups excluding carboxylic acids is 2. The number of benzene rings is 2. The third-order valence-corrected chi connectivity index (χ3v) is 6.69. The van der Waals surface area contributed by atoms with Crippen molar-refractivity contribution >= 4 is 23.2 Å². The maximum absolute atomic E-state index is 13.1. The van der Waals surface area contributed by atoms with Crippen molar-refractivity contribution < 1.29 is 14.0 Å². The summed E-state index contributed by atoms with van der Waals surface area (Å²) < 4.78 is 13.1. The lowest BCUT2D eigenvalue weighted by atomic mass is 10.1. The van der Waals surface area contributed by atoms with Crippen LogP contribution in [0.3, 0.4) is 0 Å². The van der Waals surface area contributed by atoms with Gasteiger partial charge in [0.1, 0.15) is 5.82 Å². The van der Waals surface area contributed by atoms with Gasteiger partial charge in [0, 0.05) is 37.5 Å². The molecule has 160 valence electrons. The van der Waals surface area contributed by atoms with E-state index in [1.165, 1.54) is 29.0 Å². The number of thiophene rings is 1. The molecule has 1 saturated heterocycles. The zero-order valence-corrected chi connectivity index (χ0v) is 18.1. The average molecular weight is 437 g/mol. The summed E-state index contributed by atoms with van der Waals surface area (Å²) in [6.07, 6.45) is 2.28. The number of carbonyl (C=O) groups is 2. The Bertz CT molecular complexity index is 1030. The van der Waals surface area contributed by atoms with Crippen LogP contribution >= 0.6 is 11.3 Å². The molecular weight excluding hydrogens is 411 g/mol. The molecule has 1 aliphatic rings. The molecule has 1 aromatic heterocycles. The first-order chi connectivity index (χ1) is 15.1. The van der Waals surface area contributed by atoms with Crippen LogP contribution < -0.4 is 0 Å². The molecule has 31 heavy (non-hydrogen) atoms. The predicted octanol–water partition coefficient (Wildman–Crippen LogP) is 4.86. The molecule has 0 aliphatic carbocycles. The Morgan fingerprint density at radius 3 is 2.23 bits per heavy atom. The van der Waals surface area contributed by atoms with Crippen molar-refractivity contribution in [3.05, 3.63) is 83.0 Å². The van der Waals surface area contributed by atoms with Gasteiger partial charge in [-0.15, -0.1) is 11.3 Å². The Morgan fingerprint density at radius 2 is 1.52 bits per heavy atom. The van der Waals surface area contributed by atoms with Gasteiger partial charge >= 0.3 is 0 Å². The number of hydrogen-bond acceptors (Lipinski definition) is 3. The molecule has 2 amide bonds. The van der Waals surface area contributed by atoms with Crippen molar-refractivity contribution in [2.24, 2.45) is 0 Å². The lowest BCUT2D eigenvalue weighted by Gasteiger charge is -2.34. The minimum absolute atomic E-state index is 0.00506. The fourth-order valence-electron chi connectivity index (χ4n) is 3.78. The van der Waals surface area contributed by atoms with Gasteiger partial charge < -0.3 is 9.80 Å². The highest BCUT2D eigenvalue weighted by atomic mass is 32.1. The first kappa shape index (κ1) is 21.2. The lowest BCUT2D eigenvalue weighted by Crippen LogP contribution is -2.50. The second-order valence-electron chi connectivity index (χ2n) is 7.68. The van der Waals surface area contributed by atoms with Gasteiger partial charge in [0.15, 0.2) is 0 Å². The number of piperazine rings is 1. The van der Waals surface area contributed by atoms with Crippen molar-refractivity contribution in [1.82, 2.24) is 9.80 Å². The zero-order valence-electron chi connectivity index (χ0n) is 17.3.